The Morgan fingerprint density at radius 3 is 2.73 bits per heavy atom. The SMILES string of the molecule is Cc1cc(C(=O)CSc2nnc(CCC(N)=O)n2C)c(C)n1C[C@H]1COc2ccccc2O1. The molecule has 0 fully saturated rings. The maximum absolute atomic E-state index is 13.0. The molecule has 0 saturated carbocycles. The Hall–Kier alpha value is -3.27. The third-order valence-electron chi connectivity index (χ3n) is 5.68. The number of benzene rings is 1. The van der Waals surface area contributed by atoms with Crippen molar-refractivity contribution in [3.8, 4) is 11.5 Å². The smallest absolute Gasteiger partial charge is 0.217 e. The fourth-order valence-electron chi connectivity index (χ4n) is 3.85. The van der Waals surface area contributed by atoms with Gasteiger partial charge in [0.25, 0.3) is 0 Å². The number of aryl methyl sites for hydroxylation is 2. The summed E-state index contributed by atoms with van der Waals surface area (Å²) < 4.78 is 15.8. The number of para-hydroxylation sites is 2. The molecule has 0 aliphatic carbocycles. The third-order valence-corrected chi connectivity index (χ3v) is 6.70. The fraction of sp³-hybridized carbons (Fsp3) is 0.391. The number of nitrogens with two attached hydrogens (primary N) is 1. The van der Waals surface area contributed by atoms with Crippen LogP contribution in [0.25, 0.3) is 0 Å². The molecule has 4 rings (SSSR count). The summed E-state index contributed by atoms with van der Waals surface area (Å²) in [5.41, 5.74) is 7.79. The predicted octanol–water partition coefficient (Wildman–Crippen LogP) is 2.47. The third kappa shape index (κ3) is 5.05. The number of hydrogen-bond donors (Lipinski definition) is 1. The summed E-state index contributed by atoms with van der Waals surface area (Å²) in [6, 6.07) is 9.55. The van der Waals surface area contributed by atoms with Crippen molar-refractivity contribution in [2.45, 2.75) is 44.5 Å². The summed E-state index contributed by atoms with van der Waals surface area (Å²) in [6.07, 6.45) is 0.494. The second-order valence-electron chi connectivity index (χ2n) is 8.03. The molecule has 3 aromatic rings. The maximum Gasteiger partial charge on any atom is 0.217 e. The minimum atomic E-state index is -0.382. The van der Waals surface area contributed by atoms with Gasteiger partial charge in [-0.25, -0.2) is 0 Å². The first-order valence-corrected chi connectivity index (χ1v) is 11.7. The van der Waals surface area contributed by atoms with Gasteiger partial charge in [-0.3, -0.25) is 9.59 Å². The van der Waals surface area contributed by atoms with E-state index >= 15 is 0 Å². The number of ether oxygens (including phenoxy) is 2. The normalized spacial score (nSPS) is 14.9. The van der Waals surface area contributed by atoms with E-state index in [0.29, 0.717) is 36.1 Å². The number of Topliss-reactive ketones (excluding diaryl/α,β-unsaturated/α-hetero) is 1. The minimum Gasteiger partial charge on any atom is -0.486 e. The van der Waals surface area contributed by atoms with Crippen molar-refractivity contribution in [3.05, 3.63) is 53.1 Å². The van der Waals surface area contributed by atoms with Gasteiger partial charge < -0.3 is 24.3 Å². The van der Waals surface area contributed by atoms with E-state index in [-0.39, 0.29) is 30.0 Å². The van der Waals surface area contributed by atoms with Gasteiger partial charge >= 0.3 is 0 Å². The van der Waals surface area contributed by atoms with Crippen LogP contribution in [0.1, 0.15) is 34.0 Å². The second kappa shape index (κ2) is 9.70. The van der Waals surface area contributed by atoms with Crippen LogP contribution in [0.15, 0.2) is 35.5 Å². The molecule has 3 heterocycles. The zero-order chi connectivity index (χ0) is 23.5. The van der Waals surface area contributed by atoms with Gasteiger partial charge in [-0.2, -0.15) is 0 Å². The van der Waals surface area contributed by atoms with E-state index in [2.05, 4.69) is 14.8 Å². The topological polar surface area (TPSA) is 114 Å². The average Bonchev–Trinajstić information content (AvgIpc) is 3.29. The van der Waals surface area contributed by atoms with Crippen LogP contribution in [0.2, 0.25) is 0 Å². The predicted molar refractivity (Wildman–Crippen MR) is 124 cm³/mol. The van der Waals surface area contributed by atoms with Crippen LogP contribution in [-0.2, 0) is 24.8 Å². The maximum atomic E-state index is 13.0. The molecule has 2 N–H and O–H groups in total. The van der Waals surface area contributed by atoms with Crippen molar-refractivity contribution in [1.29, 1.82) is 0 Å². The highest BCUT2D eigenvalue weighted by atomic mass is 32.2. The molecule has 0 radical (unpaired) electrons. The largest absolute Gasteiger partial charge is 0.486 e. The number of rotatable bonds is 9. The van der Waals surface area contributed by atoms with Gasteiger partial charge in [-0.05, 0) is 32.0 Å². The van der Waals surface area contributed by atoms with Gasteiger partial charge in [-0.15, -0.1) is 10.2 Å². The van der Waals surface area contributed by atoms with Crippen LogP contribution in [0.5, 0.6) is 11.5 Å². The molecule has 1 aromatic carbocycles. The number of carbonyl (C=O) groups excluding carboxylic acids is 2. The first kappa shape index (κ1) is 22.9. The zero-order valence-corrected chi connectivity index (χ0v) is 19.7. The highest BCUT2D eigenvalue weighted by molar-refractivity contribution is 7.99. The molecule has 1 amide bonds. The van der Waals surface area contributed by atoms with Gasteiger partial charge in [0.15, 0.2) is 28.5 Å². The molecule has 0 bridgehead atoms. The standard InChI is InChI=1S/C23H27N5O4S/c1-14-10-17(18(29)13-33-23-26-25-22(27(23)3)9-8-21(24)30)15(2)28(14)11-16-12-31-19-6-4-5-7-20(19)32-16/h4-7,10,16H,8-9,11-13H2,1-3H3,(H2,24,30)/t16-/m0/s1. The lowest BCUT2D eigenvalue weighted by molar-refractivity contribution is -0.118. The molecule has 0 unspecified atom stereocenters. The van der Waals surface area contributed by atoms with E-state index in [0.717, 1.165) is 22.9 Å². The number of amides is 1. The summed E-state index contributed by atoms with van der Waals surface area (Å²) >= 11 is 1.33. The monoisotopic (exact) mass is 469 g/mol. The van der Waals surface area contributed by atoms with Crippen LogP contribution in [0, 0.1) is 13.8 Å². The van der Waals surface area contributed by atoms with E-state index < -0.39 is 0 Å². The summed E-state index contributed by atoms with van der Waals surface area (Å²) in [6.45, 7) is 4.99. The Bertz CT molecular complexity index is 1190. The quantitative estimate of drug-likeness (QED) is 0.378. The second-order valence-corrected chi connectivity index (χ2v) is 8.97. The Kier molecular flexibility index (Phi) is 6.73. The van der Waals surface area contributed by atoms with E-state index in [1.165, 1.54) is 11.8 Å². The van der Waals surface area contributed by atoms with Gasteiger partial charge in [0, 0.05) is 36.8 Å². The number of fused-ring (bicyclic) bond motifs is 1. The van der Waals surface area contributed by atoms with Crippen molar-refractivity contribution in [2.75, 3.05) is 12.4 Å². The first-order valence-electron chi connectivity index (χ1n) is 10.7. The molecule has 2 aromatic heterocycles. The summed E-state index contributed by atoms with van der Waals surface area (Å²) in [7, 11) is 1.82. The molecule has 1 atom stereocenters. The van der Waals surface area contributed by atoms with Crippen molar-refractivity contribution in [1.82, 2.24) is 19.3 Å². The molecular formula is C23H27N5O4S. The number of nitrogens with zero attached hydrogens (tertiary/aromatic N) is 4. The number of ketones is 1. The summed E-state index contributed by atoms with van der Waals surface area (Å²) in [4.78, 5) is 24.0. The lowest BCUT2D eigenvalue weighted by Crippen LogP contribution is -2.33. The van der Waals surface area contributed by atoms with Crippen LogP contribution in [-0.4, -0.2) is 49.5 Å². The number of thioether (sulfide) groups is 1. The fourth-order valence-corrected chi connectivity index (χ4v) is 4.67. The molecule has 9 nitrogen and oxygen atoms in total. The highest BCUT2D eigenvalue weighted by Crippen LogP contribution is 2.31. The number of primary amides is 1. The van der Waals surface area contributed by atoms with Crippen LogP contribution < -0.4 is 15.2 Å². The molecule has 0 saturated heterocycles. The Labute approximate surface area is 196 Å². The van der Waals surface area contributed by atoms with Crippen LogP contribution in [0.3, 0.4) is 0 Å². The Balaban J connectivity index is 1.40. The first-order chi connectivity index (χ1) is 15.8. The van der Waals surface area contributed by atoms with Crippen LogP contribution >= 0.6 is 11.8 Å². The average molecular weight is 470 g/mol. The summed E-state index contributed by atoms with van der Waals surface area (Å²) in [5.74, 6) is 2.03. The van der Waals surface area contributed by atoms with Gasteiger partial charge in [-0.1, -0.05) is 23.9 Å². The van der Waals surface area contributed by atoms with Crippen molar-refractivity contribution < 1.29 is 19.1 Å². The van der Waals surface area contributed by atoms with E-state index in [1.54, 1.807) is 4.57 Å². The minimum absolute atomic E-state index is 0.0206. The molecule has 33 heavy (non-hydrogen) atoms. The molecule has 1 aliphatic rings. The van der Waals surface area contributed by atoms with Crippen LogP contribution in [0.4, 0.5) is 0 Å². The summed E-state index contributed by atoms with van der Waals surface area (Å²) in [5, 5.41) is 8.86. The molecular weight excluding hydrogens is 442 g/mol. The lowest BCUT2D eigenvalue weighted by Gasteiger charge is -2.27. The molecule has 1 aliphatic heterocycles. The lowest BCUT2D eigenvalue weighted by atomic mass is 10.2. The highest BCUT2D eigenvalue weighted by Gasteiger charge is 2.24. The van der Waals surface area contributed by atoms with Gasteiger partial charge in [0.2, 0.25) is 5.91 Å². The Morgan fingerprint density at radius 2 is 1.97 bits per heavy atom. The number of hydrogen-bond acceptors (Lipinski definition) is 7. The van der Waals surface area contributed by atoms with E-state index in [9.17, 15) is 9.59 Å². The van der Waals surface area contributed by atoms with Crippen molar-refractivity contribution >= 4 is 23.5 Å². The number of carbonyl (C=O) groups is 2. The van der Waals surface area contributed by atoms with Gasteiger partial charge in [0.05, 0.1) is 12.3 Å². The molecule has 0 spiro atoms. The zero-order valence-electron chi connectivity index (χ0n) is 18.9. The molecule has 174 valence electrons. The van der Waals surface area contributed by atoms with Gasteiger partial charge in [0.1, 0.15) is 12.4 Å². The van der Waals surface area contributed by atoms with Crippen molar-refractivity contribution in [2.24, 2.45) is 12.8 Å². The number of aromatic nitrogens is 4. The van der Waals surface area contributed by atoms with Crippen molar-refractivity contribution in [3.63, 3.8) is 0 Å². The van der Waals surface area contributed by atoms with E-state index in [4.69, 9.17) is 15.2 Å². The van der Waals surface area contributed by atoms with E-state index in [1.807, 2.05) is 51.2 Å². The molecule has 10 heteroatoms. The Morgan fingerprint density at radius 1 is 1.21 bits per heavy atom.